The van der Waals surface area contributed by atoms with Crippen molar-refractivity contribution in [3.05, 3.63) is 22.4 Å². The van der Waals surface area contributed by atoms with Gasteiger partial charge in [-0.05, 0) is 72.8 Å². The van der Waals surface area contributed by atoms with Crippen molar-refractivity contribution in [2.75, 3.05) is 0 Å². The van der Waals surface area contributed by atoms with E-state index in [0.717, 1.165) is 38.5 Å². The van der Waals surface area contributed by atoms with Gasteiger partial charge in [0, 0.05) is 0 Å². The van der Waals surface area contributed by atoms with Gasteiger partial charge in [0.15, 0.2) is 0 Å². The average Bonchev–Trinajstić information content (AvgIpc) is 2.89. The molecule has 0 saturated heterocycles. The molecule has 1 heterocycles. The Morgan fingerprint density at radius 1 is 1.47 bits per heavy atom. The largest absolute Gasteiger partial charge is 0.481 e. The molecule has 1 aromatic heterocycles. The van der Waals surface area contributed by atoms with Crippen LogP contribution in [0.4, 0.5) is 0 Å². The first-order valence-corrected chi connectivity index (χ1v) is 8.22. The minimum Gasteiger partial charge on any atom is -0.481 e. The maximum atomic E-state index is 11.7. The zero-order valence-corrected chi connectivity index (χ0v) is 12.7. The number of aryl methyl sites for hydroxylation is 1. The smallest absolute Gasteiger partial charge is 0.309 e. The van der Waals surface area contributed by atoms with Gasteiger partial charge in [0.25, 0.3) is 0 Å². The highest BCUT2D eigenvalue weighted by Crippen LogP contribution is 2.44. The quantitative estimate of drug-likeness (QED) is 0.856. The van der Waals surface area contributed by atoms with Gasteiger partial charge in [-0.15, -0.1) is 0 Å². The molecule has 0 aliphatic heterocycles. The molecule has 0 radical (unpaired) electrons. The molecule has 1 aliphatic carbocycles. The Labute approximate surface area is 119 Å². The van der Waals surface area contributed by atoms with Gasteiger partial charge in [-0.3, -0.25) is 4.79 Å². The molecular formula is C16H24O2S. The minimum atomic E-state index is -0.579. The molecule has 0 unspecified atom stereocenters. The average molecular weight is 280 g/mol. The van der Waals surface area contributed by atoms with Crippen LogP contribution in [-0.4, -0.2) is 11.1 Å². The Balaban J connectivity index is 1.98. The fourth-order valence-corrected chi connectivity index (χ4v) is 3.95. The van der Waals surface area contributed by atoms with Crippen molar-refractivity contribution >= 4 is 17.3 Å². The van der Waals surface area contributed by atoms with Crippen molar-refractivity contribution in [3.63, 3.8) is 0 Å². The van der Waals surface area contributed by atoms with Crippen molar-refractivity contribution in [1.82, 2.24) is 0 Å². The summed E-state index contributed by atoms with van der Waals surface area (Å²) in [5.41, 5.74) is 0.824. The van der Waals surface area contributed by atoms with Gasteiger partial charge in [-0.2, -0.15) is 11.3 Å². The number of carboxylic acid groups (broad SMARTS) is 1. The van der Waals surface area contributed by atoms with Crippen molar-refractivity contribution in [2.45, 2.75) is 52.4 Å². The lowest BCUT2D eigenvalue weighted by molar-refractivity contribution is -0.152. The topological polar surface area (TPSA) is 37.3 Å². The predicted molar refractivity (Wildman–Crippen MR) is 79.5 cm³/mol. The van der Waals surface area contributed by atoms with Gasteiger partial charge in [0.05, 0.1) is 5.41 Å². The van der Waals surface area contributed by atoms with Gasteiger partial charge in [0.2, 0.25) is 0 Å². The van der Waals surface area contributed by atoms with Crippen LogP contribution in [0.25, 0.3) is 0 Å². The van der Waals surface area contributed by atoms with Gasteiger partial charge < -0.3 is 5.11 Å². The Bertz CT molecular complexity index is 400. The van der Waals surface area contributed by atoms with Crippen LogP contribution in [0.5, 0.6) is 0 Å². The summed E-state index contributed by atoms with van der Waals surface area (Å²) in [6, 6.07) is 2.11. The fraction of sp³-hybridized carbons (Fsp3) is 0.688. The summed E-state index contributed by atoms with van der Waals surface area (Å²) < 4.78 is 0. The molecule has 1 fully saturated rings. The number of hydrogen-bond donors (Lipinski definition) is 1. The third kappa shape index (κ3) is 3.38. The second kappa shape index (κ2) is 6.08. The van der Waals surface area contributed by atoms with Crippen LogP contribution in [0.2, 0.25) is 0 Å². The van der Waals surface area contributed by atoms with E-state index in [-0.39, 0.29) is 0 Å². The zero-order valence-electron chi connectivity index (χ0n) is 11.9. The molecule has 0 atom stereocenters. The normalized spacial score (nSPS) is 27.6. The molecule has 0 bridgehead atoms. The predicted octanol–water partition coefficient (Wildman–Crippen LogP) is 4.60. The summed E-state index contributed by atoms with van der Waals surface area (Å²) in [5, 5.41) is 13.8. The fourth-order valence-electron chi connectivity index (χ4n) is 3.25. The second-order valence-corrected chi connectivity index (χ2v) is 7.08. The van der Waals surface area contributed by atoms with Crippen molar-refractivity contribution < 1.29 is 9.90 Å². The van der Waals surface area contributed by atoms with E-state index in [0.29, 0.717) is 11.8 Å². The summed E-state index contributed by atoms with van der Waals surface area (Å²) in [4.78, 5) is 11.7. The molecule has 2 nitrogen and oxygen atoms in total. The van der Waals surface area contributed by atoms with E-state index in [1.165, 1.54) is 5.56 Å². The van der Waals surface area contributed by atoms with Crippen molar-refractivity contribution in [2.24, 2.45) is 17.3 Å². The second-order valence-electron chi connectivity index (χ2n) is 6.30. The highest BCUT2D eigenvalue weighted by atomic mass is 32.1. The Morgan fingerprint density at radius 2 is 2.16 bits per heavy atom. The first-order chi connectivity index (χ1) is 9.03. The van der Waals surface area contributed by atoms with Crippen LogP contribution < -0.4 is 0 Å². The molecule has 1 saturated carbocycles. The van der Waals surface area contributed by atoms with Gasteiger partial charge in [-0.25, -0.2) is 0 Å². The van der Waals surface area contributed by atoms with E-state index in [2.05, 4.69) is 30.7 Å². The number of carboxylic acids is 1. The maximum absolute atomic E-state index is 11.7. The van der Waals surface area contributed by atoms with Crippen LogP contribution in [0.15, 0.2) is 16.8 Å². The summed E-state index contributed by atoms with van der Waals surface area (Å²) in [7, 11) is 0. The number of carbonyl (C=O) groups is 1. The van der Waals surface area contributed by atoms with E-state index in [9.17, 15) is 9.90 Å². The summed E-state index contributed by atoms with van der Waals surface area (Å²) in [6.45, 7) is 4.51. The molecule has 0 amide bonds. The van der Waals surface area contributed by atoms with Crippen LogP contribution in [0.1, 0.15) is 51.5 Å². The monoisotopic (exact) mass is 280 g/mol. The Hall–Kier alpha value is -0.830. The number of aliphatic carboxylic acids is 1. The molecule has 106 valence electrons. The molecular weight excluding hydrogens is 256 g/mol. The molecule has 19 heavy (non-hydrogen) atoms. The van der Waals surface area contributed by atoms with Crippen molar-refractivity contribution in [1.29, 1.82) is 0 Å². The Kier molecular flexibility index (Phi) is 4.67. The third-order valence-corrected chi connectivity index (χ3v) is 5.59. The molecule has 3 heteroatoms. The minimum absolute atomic E-state index is 0.465. The molecule has 1 aromatic rings. The number of hydrogen-bond acceptors (Lipinski definition) is 2. The van der Waals surface area contributed by atoms with E-state index in [4.69, 9.17) is 0 Å². The van der Waals surface area contributed by atoms with E-state index < -0.39 is 11.4 Å². The molecule has 0 aromatic carbocycles. The third-order valence-electron chi connectivity index (χ3n) is 4.86. The van der Waals surface area contributed by atoms with E-state index >= 15 is 0 Å². The summed E-state index contributed by atoms with van der Waals surface area (Å²) in [5.74, 6) is 0.822. The first kappa shape index (κ1) is 14.6. The lowest BCUT2D eigenvalue weighted by Gasteiger charge is -2.38. The van der Waals surface area contributed by atoms with E-state index in [1.54, 1.807) is 11.3 Å². The van der Waals surface area contributed by atoms with Crippen LogP contribution in [-0.2, 0) is 11.2 Å². The van der Waals surface area contributed by atoms with Crippen LogP contribution >= 0.6 is 11.3 Å². The molecule has 0 spiro atoms. The number of rotatable bonds is 5. The molecule has 1 aliphatic rings. The highest BCUT2D eigenvalue weighted by molar-refractivity contribution is 7.07. The van der Waals surface area contributed by atoms with Gasteiger partial charge in [0.1, 0.15) is 0 Å². The van der Waals surface area contributed by atoms with Crippen LogP contribution in [0.3, 0.4) is 0 Å². The first-order valence-electron chi connectivity index (χ1n) is 7.28. The Morgan fingerprint density at radius 3 is 2.63 bits per heavy atom. The standard InChI is InChI=1S/C16H24O2S/c1-12(2)14-4-8-16(9-5-14,15(17)18)7-3-13-6-10-19-11-13/h6,10-12,14H,3-5,7-9H2,1-2H3,(H,17,18). The number of thiophene rings is 1. The van der Waals surface area contributed by atoms with Crippen molar-refractivity contribution in [3.8, 4) is 0 Å². The maximum Gasteiger partial charge on any atom is 0.309 e. The zero-order chi connectivity index (χ0) is 13.9. The lowest BCUT2D eigenvalue weighted by Crippen LogP contribution is -2.36. The van der Waals surface area contributed by atoms with Gasteiger partial charge in [-0.1, -0.05) is 13.8 Å². The van der Waals surface area contributed by atoms with Gasteiger partial charge >= 0.3 is 5.97 Å². The summed E-state index contributed by atoms with van der Waals surface area (Å²) in [6.07, 6.45) is 5.57. The SMILES string of the molecule is CC(C)C1CCC(CCc2ccsc2)(C(=O)O)CC1. The highest BCUT2D eigenvalue weighted by Gasteiger charge is 2.41. The van der Waals surface area contributed by atoms with Crippen LogP contribution in [0, 0.1) is 17.3 Å². The summed E-state index contributed by atoms with van der Waals surface area (Å²) >= 11 is 1.69. The lowest BCUT2D eigenvalue weighted by atomic mass is 9.66. The van der Waals surface area contributed by atoms with E-state index in [1.807, 2.05) is 0 Å². The molecule has 2 rings (SSSR count). The molecule has 1 N–H and O–H groups in total.